The number of primary amides is 1. The fourth-order valence-electron chi connectivity index (χ4n) is 1.13. The molecular formula is C10H21N3O4S. The average molecular weight is 279 g/mol. The third-order valence-electron chi connectivity index (χ3n) is 2.23. The van der Waals surface area contributed by atoms with Gasteiger partial charge in [-0.05, 0) is 25.4 Å². The van der Waals surface area contributed by atoms with Gasteiger partial charge in [-0.15, -0.1) is 0 Å². The lowest BCUT2D eigenvalue weighted by molar-refractivity contribution is -0.124. The van der Waals surface area contributed by atoms with Crippen molar-refractivity contribution in [3.8, 4) is 0 Å². The number of carbonyl (C=O) groups excluding carboxylic acids is 2. The molecule has 2 atom stereocenters. The average Bonchev–Trinajstić information content (AvgIpc) is 2.31. The summed E-state index contributed by atoms with van der Waals surface area (Å²) in [5, 5.41) is 23.2. The number of rotatable bonds is 8. The van der Waals surface area contributed by atoms with Gasteiger partial charge in [0, 0.05) is 6.54 Å². The standard InChI is InChI=1S/C10H21N3O4S/c1-10(17,6-14)5-12-8(15)7(3-4-18-2)13-9(11)16/h7,14,17H,3-6H2,1-2H3,(H,12,15)(H3,11,13,16). The molecule has 0 aliphatic rings. The minimum Gasteiger partial charge on any atom is -0.393 e. The maximum Gasteiger partial charge on any atom is 0.312 e. The van der Waals surface area contributed by atoms with E-state index in [1.165, 1.54) is 6.92 Å². The van der Waals surface area contributed by atoms with Crippen LogP contribution in [0.2, 0.25) is 0 Å². The SMILES string of the molecule is CSCCC(NC(N)=O)C(=O)NCC(C)(O)CO. The highest BCUT2D eigenvalue weighted by Gasteiger charge is 2.24. The Bertz CT molecular complexity index is 286. The zero-order valence-corrected chi connectivity index (χ0v) is 11.4. The zero-order valence-electron chi connectivity index (χ0n) is 10.6. The molecule has 2 unspecified atom stereocenters. The lowest BCUT2D eigenvalue weighted by atomic mass is 10.1. The Hall–Kier alpha value is -0.990. The molecule has 0 bridgehead atoms. The van der Waals surface area contributed by atoms with Gasteiger partial charge in [-0.1, -0.05) is 0 Å². The predicted molar refractivity (Wildman–Crippen MR) is 70.2 cm³/mol. The molecule has 0 aromatic rings. The molecule has 0 rings (SSSR count). The number of aliphatic hydroxyl groups excluding tert-OH is 1. The highest BCUT2D eigenvalue weighted by molar-refractivity contribution is 7.98. The Morgan fingerprint density at radius 3 is 2.56 bits per heavy atom. The van der Waals surface area contributed by atoms with Crippen LogP contribution in [0.25, 0.3) is 0 Å². The second kappa shape index (κ2) is 8.17. The molecule has 7 nitrogen and oxygen atoms in total. The highest BCUT2D eigenvalue weighted by atomic mass is 32.2. The van der Waals surface area contributed by atoms with Crippen LogP contribution in [-0.2, 0) is 4.79 Å². The molecule has 0 saturated carbocycles. The predicted octanol–water partition coefficient (Wildman–Crippen LogP) is -1.36. The molecule has 0 spiro atoms. The molecule has 8 heteroatoms. The van der Waals surface area contributed by atoms with E-state index in [4.69, 9.17) is 10.8 Å². The topological polar surface area (TPSA) is 125 Å². The van der Waals surface area contributed by atoms with Crippen LogP contribution in [0, 0.1) is 0 Å². The summed E-state index contributed by atoms with van der Waals surface area (Å²) in [6, 6.07) is -1.50. The van der Waals surface area contributed by atoms with Gasteiger partial charge in [0.2, 0.25) is 5.91 Å². The summed E-state index contributed by atoms with van der Waals surface area (Å²) < 4.78 is 0. The summed E-state index contributed by atoms with van der Waals surface area (Å²) in [5.41, 5.74) is 3.60. The van der Waals surface area contributed by atoms with Gasteiger partial charge in [0.1, 0.15) is 11.6 Å². The number of amides is 3. The lowest BCUT2D eigenvalue weighted by Crippen LogP contribution is -2.52. The monoisotopic (exact) mass is 279 g/mol. The van der Waals surface area contributed by atoms with Crippen molar-refractivity contribution in [1.29, 1.82) is 0 Å². The fraction of sp³-hybridized carbons (Fsp3) is 0.800. The third-order valence-corrected chi connectivity index (χ3v) is 2.87. The third kappa shape index (κ3) is 7.36. The van der Waals surface area contributed by atoms with E-state index in [2.05, 4.69) is 10.6 Å². The summed E-state index contributed by atoms with van der Waals surface area (Å²) in [4.78, 5) is 22.5. The van der Waals surface area contributed by atoms with Gasteiger partial charge >= 0.3 is 6.03 Å². The molecule has 0 heterocycles. The summed E-state index contributed by atoms with van der Waals surface area (Å²) in [6.45, 7) is 0.830. The van der Waals surface area contributed by atoms with E-state index >= 15 is 0 Å². The van der Waals surface area contributed by atoms with E-state index in [0.717, 1.165) is 0 Å². The minimum absolute atomic E-state index is 0.0987. The maximum atomic E-state index is 11.8. The molecule has 6 N–H and O–H groups in total. The lowest BCUT2D eigenvalue weighted by Gasteiger charge is -2.23. The first-order valence-corrected chi connectivity index (χ1v) is 6.87. The van der Waals surface area contributed by atoms with Crippen molar-refractivity contribution in [2.24, 2.45) is 5.73 Å². The molecular weight excluding hydrogens is 258 g/mol. The van der Waals surface area contributed by atoms with Crippen LogP contribution < -0.4 is 16.4 Å². The molecule has 0 aliphatic carbocycles. The Morgan fingerprint density at radius 1 is 1.50 bits per heavy atom. The quantitative estimate of drug-likeness (QED) is 0.375. The van der Waals surface area contributed by atoms with Crippen LogP contribution in [0.3, 0.4) is 0 Å². The molecule has 0 fully saturated rings. The number of hydrogen-bond acceptors (Lipinski definition) is 5. The second-order valence-corrected chi connectivity index (χ2v) is 5.20. The van der Waals surface area contributed by atoms with E-state index in [1.54, 1.807) is 11.8 Å². The molecule has 0 saturated heterocycles. The fourth-order valence-corrected chi connectivity index (χ4v) is 1.60. The largest absolute Gasteiger partial charge is 0.393 e. The number of thioether (sulfide) groups is 1. The number of hydrogen-bond donors (Lipinski definition) is 5. The van der Waals surface area contributed by atoms with Crippen molar-refractivity contribution >= 4 is 23.7 Å². The van der Waals surface area contributed by atoms with Gasteiger partial charge in [-0.25, -0.2) is 4.79 Å². The molecule has 106 valence electrons. The number of nitrogens with two attached hydrogens (primary N) is 1. The van der Waals surface area contributed by atoms with Crippen molar-refractivity contribution in [3.63, 3.8) is 0 Å². The number of carbonyl (C=O) groups is 2. The first-order chi connectivity index (χ1) is 8.32. The Balaban J connectivity index is 4.32. The van der Waals surface area contributed by atoms with Gasteiger partial charge in [0.15, 0.2) is 0 Å². The second-order valence-electron chi connectivity index (χ2n) is 4.22. The molecule has 0 aliphatic heterocycles. The Morgan fingerprint density at radius 2 is 2.11 bits per heavy atom. The van der Waals surface area contributed by atoms with Crippen LogP contribution in [0.1, 0.15) is 13.3 Å². The normalized spacial score (nSPS) is 15.6. The minimum atomic E-state index is -1.38. The first kappa shape index (κ1) is 17.0. The summed E-state index contributed by atoms with van der Waals surface area (Å²) >= 11 is 1.54. The molecule has 18 heavy (non-hydrogen) atoms. The number of aliphatic hydroxyl groups is 2. The first-order valence-electron chi connectivity index (χ1n) is 5.48. The number of nitrogens with one attached hydrogen (secondary N) is 2. The summed E-state index contributed by atoms with van der Waals surface area (Å²) in [5.74, 6) is 0.256. The maximum absolute atomic E-state index is 11.8. The van der Waals surface area contributed by atoms with Gasteiger partial charge < -0.3 is 26.6 Å². The number of urea groups is 1. The van der Waals surface area contributed by atoms with Crippen molar-refractivity contribution in [2.45, 2.75) is 25.0 Å². The van der Waals surface area contributed by atoms with Gasteiger partial charge in [0.05, 0.1) is 6.61 Å². The molecule has 0 aromatic heterocycles. The molecule has 0 aromatic carbocycles. The van der Waals surface area contributed by atoms with Crippen LogP contribution in [-0.4, -0.2) is 59.0 Å². The highest BCUT2D eigenvalue weighted by Crippen LogP contribution is 2.03. The summed E-state index contributed by atoms with van der Waals surface area (Å²) in [7, 11) is 0. The van der Waals surface area contributed by atoms with Gasteiger partial charge in [-0.2, -0.15) is 11.8 Å². The Labute approximate surface area is 110 Å². The smallest absolute Gasteiger partial charge is 0.312 e. The zero-order chi connectivity index (χ0) is 14.2. The van der Waals surface area contributed by atoms with E-state index in [9.17, 15) is 14.7 Å². The molecule has 3 amide bonds. The van der Waals surface area contributed by atoms with E-state index < -0.39 is 30.2 Å². The summed E-state index contributed by atoms with van der Waals surface area (Å²) in [6.07, 6.45) is 2.33. The van der Waals surface area contributed by atoms with Gasteiger partial charge in [-0.3, -0.25) is 4.79 Å². The molecule has 0 radical (unpaired) electrons. The van der Waals surface area contributed by atoms with Crippen LogP contribution in [0.5, 0.6) is 0 Å². The van der Waals surface area contributed by atoms with Crippen molar-refractivity contribution in [1.82, 2.24) is 10.6 Å². The Kier molecular flexibility index (Phi) is 7.72. The van der Waals surface area contributed by atoms with Crippen molar-refractivity contribution in [2.75, 3.05) is 25.2 Å². The van der Waals surface area contributed by atoms with Crippen LogP contribution in [0.15, 0.2) is 0 Å². The van der Waals surface area contributed by atoms with Crippen molar-refractivity contribution < 1.29 is 19.8 Å². The van der Waals surface area contributed by atoms with Crippen molar-refractivity contribution in [3.05, 3.63) is 0 Å². The van der Waals surface area contributed by atoms with Gasteiger partial charge in [0.25, 0.3) is 0 Å². The van der Waals surface area contributed by atoms with E-state index in [-0.39, 0.29) is 6.54 Å². The van der Waals surface area contributed by atoms with Crippen LogP contribution >= 0.6 is 11.8 Å². The van der Waals surface area contributed by atoms with Crippen LogP contribution in [0.4, 0.5) is 4.79 Å². The van der Waals surface area contributed by atoms with E-state index in [0.29, 0.717) is 12.2 Å². The van der Waals surface area contributed by atoms with E-state index in [1.807, 2.05) is 6.26 Å².